The Morgan fingerprint density at radius 3 is 2.59 bits per heavy atom. The minimum atomic E-state index is -0.812. The van der Waals surface area contributed by atoms with Crippen LogP contribution in [-0.2, 0) is 14.3 Å². The van der Waals surface area contributed by atoms with Crippen LogP contribution in [0.15, 0.2) is 0 Å². The smallest absolute Gasteiger partial charge is 0.306 e. The first kappa shape index (κ1) is 15.9. The number of nitrogens with two attached hydrogens (primary N) is 1. The molecular formula is C11H22N2O4. The number of carboxylic acid groups (broad SMARTS) is 1. The van der Waals surface area contributed by atoms with Gasteiger partial charge in [0.2, 0.25) is 5.91 Å². The van der Waals surface area contributed by atoms with Gasteiger partial charge >= 0.3 is 5.97 Å². The minimum Gasteiger partial charge on any atom is -0.481 e. The summed E-state index contributed by atoms with van der Waals surface area (Å²) in [6.07, 6.45) is 1.66. The van der Waals surface area contributed by atoms with E-state index in [2.05, 4.69) is 5.32 Å². The average Bonchev–Trinajstić information content (AvgIpc) is 2.30. The summed E-state index contributed by atoms with van der Waals surface area (Å²) in [5.41, 5.74) is 5.61. The predicted molar refractivity (Wildman–Crippen MR) is 63.5 cm³/mol. The summed E-state index contributed by atoms with van der Waals surface area (Å²) in [4.78, 5) is 22.0. The van der Waals surface area contributed by atoms with Crippen molar-refractivity contribution in [2.24, 2.45) is 11.7 Å². The fourth-order valence-corrected chi connectivity index (χ4v) is 1.25. The van der Waals surface area contributed by atoms with E-state index in [0.29, 0.717) is 32.4 Å². The molecule has 0 heterocycles. The Hall–Kier alpha value is -1.14. The molecule has 0 aromatic rings. The van der Waals surface area contributed by atoms with Crippen LogP contribution in [0.4, 0.5) is 0 Å². The van der Waals surface area contributed by atoms with E-state index >= 15 is 0 Å². The highest BCUT2D eigenvalue weighted by molar-refractivity contribution is 5.81. The highest BCUT2D eigenvalue weighted by Crippen LogP contribution is 2.04. The maximum atomic E-state index is 11.4. The number of nitrogens with one attached hydrogen (secondary N) is 1. The number of carbonyl (C=O) groups is 2. The van der Waals surface area contributed by atoms with Gasteiger partial charge in [-0.15, -0.1) is 0 Å². The second-order valence-corrected chi connectivity index (χ2v) is 4.06. The van der Waals surface area contributed by atoms with Crippen LogP contribution in [0.5, 0.6) is 0 Å². The zero-order chi connectivity index (χ0) is 13.3. The zero-order valence-corrected chi connectivity index (χ0v) is 10.4. The summed E-state index contributed by atoms with van der Waals surface area (Å²) in [6.45, 7) is 2.55. The molecule has 0 aliphatic carbocycles. The van der Waals surface area contributed by atoms with E-state index in [1.165, 1.54) is 0 Å². The van der Waals surface area contributed by atoms with E-state index in [-0.39, 0.29) is 11.8 Å². The lowest BCUT2D eigenvalue weighted by Gasteiger charge is -2.12. The molecule has 0 fully saturated rings. The second kappa shape index (κ2) is 8.95. The van der Waals surface area contributed by atoms with Crippen LogP contribution < -0.4 is 11.1 Å². The standard InChI is InChI=1S/C11H22N2O4/c1-8(11(15)16)4-3-6-13-10(14)9(12)5-7-17-2/h8-9H,3-7,12H2,1-2H3,(H,13,14)(H,15,16). The van der Waals surface area contributed by atoms with E-state index in [1.807, 2.05) is 0 Å². The van der Waals surface area contributed by atoms with Crippen molar-refractivity contribution in [2.45, 2.75) is 32.2 Å². The molecule has 0 radical (unpaired) electrons. The number of rotatable bonds is 9. The van der Waals surface area contributed by atoms with Crippen LogP contribution in [0.25, 0.3) is 0 Å². The van der Waals surface area contributed by atoms with Gasteiger partial charge < -0.3 is 20.9 Å². The monoisotopic (exact) mass is 246 g/mol. The number of carbonyl (C=O) groups excluding carboxylic acids is 1. The summed E-state index contributed by atoms with van der Waals surface area (Å²) in [7, 11) is 1.55. The van der Waals surface area contributed by atoms with Crippen molar-refractivity contribution in [2.75, 3.05) is 20.3 Å². The third-order valence-electron chi connectivity index (χ3n) is 2.50. The normalized spacial score (nSPS) is 14.1. The third kappa shape index (κ3) is 7.70. The maximum absolute atomic E-state index is 11.4. The molecule has 2 atom stereocenters. The first-order valence-corrected chi connectivity index (χ1v) is 5.74. The Morgan fingerprint density at radius 1 is 1.41 bits per heavy atom. The Morgan fingerprint density at radius 2 is 2.06 bits per heavy atom. The molecule has 6 nitrogen and oxygen atoms in total. The largest absolute Gasteiger partial charge is 0.481 e. The van der Waals surface area contributed by atoms with Gasteiger partial charge in [0.15, 0.2) is 0 Å². The lowest BCUT2D eigenvalue weighted by molar-refractivity contribution is -0.141. The Kier molecular flexibility index (Phi) is 8.35. The Bertz CT molecular complexity index is 246. The van der Waals surface area contributed by atoms with E-state index in [4.69, 9.17) is 15.6 Å². The van der Waals surface area contributed by atoms with Gasteiger partial charge in [-0.25, -0.2) is 0 Å². The first-order chi connectivity index (χ1) is 7.99. The molecule has 0 rings (SSSR count). The summed E-state index contributed by atoms with van der Waals surface area (Å²) >= 11 is 0. The predicted octanol–water partition coefficient (Wildman–Crippen LogP) is -0.0327. The topological polar surface area (TPSA) is 102 Å². The van der Waals surface area contributed by atoms with E-state index in [9.17, 15) is 9.59 Å². The summed E-state index contributed by atoms with van der Waals surface area (Å²) in [6, 6.07) is -0.563. The van der Waals surface area contributed by atoms with Gasteiger partial charge in [-0.3, -0.25) is 9.59 Å². The molecule has 0 bridgehead atoms. The number of ether oxygens (including phenoxy) is 1. The average molecular weight is 246 g/mol. The van der Waals surface area contributed by atoms with Crippen molar-refractivity contribution < 1.29 is 19.4 Å². The molecule has 0 saturated carbocycles. The summed E-state index contributed by atoms with van der Waals surface area (Å²) in [5, 5.41) is 11.3. The van der Waals surface area contributed by atoms with Crippen LogP contribution in [0.2, 0.25) is 0 Å². The number of methoxy groups -OCH3 is 1. The van der Waals surface area contributed by atoms with E-state index < -0.39 is 12.0 Å². The quantitative estimate of drug-likeness (QED) is 0.496. The lowest BCUT2D eigenvalue weighted by Crippen LogP contribution is -2.41. The second-order valence-electron chi connectivity index (χ2n) is 4.06. The summed E-state index contributed by atoms with van der Waals surface area (Å²) < 4.78 is 4.82. The fourth-order valence-electron chi connectivity index (χ4n) is 1.25. The molecule has 0 spiro atoms. The van der Waals surface area contributed by atoms with Gasteiger partial charge in [0.05, 0.1) is 12.0 Å². The number of amides is 1. The maximum Gasteiger partial charge on any atom is 0.306 e. The van der Waals surface area contributed by atoms with Gasteiger partial charge in [0, 0.05) is 20.3 Å². The van der Waals surface area contributed by atoms with Crippen molar-refractivity contribution in [3.8, 4) is 0 Å². The van der Waals surface area contributed by atoms with Crippen LogP contribution in [0.1, 0.15) is 26.2 Å². The molecular weight excluding hydrogens is 224 g/mol. The molecule has 4 N–H and O–H groups in total. The van der Waals surface area contributed by atoms with Crippen LogP contribution in [0, 0.1) is 5.92 Å². The van der Waals surface area contributed by atoms with Crippen LogP contribution >= 0.6 is 0 Å². The number of hydrogen-bond donors (Lipinski definition) is 3. The number of aliphatic carboxylic acids is 1. The molecule has 0 aliphatic heterocycles. The highest BCUT2D eigenvalue weighted by atomic mass is 16.5. The summed E-state index contributed by atoms with van der Waals surface area (Å²) in [5.74, 6) is -1.41. The van der Waals surface area contributed by atoms with Crippen molar-refractivity contribution in [1.82, 2.24) is 5.32 Å². The van der Waals surface area contributed by atoms with Gasteiger partial charge in [0.25, 0.3) is 0 Å². The highest BCUT2D eigenvalue weighted by Gasteiger charge is 2.13. The van der Waals surface area contributed by atoms with Crippen LogP contribution in [0.3, 0.4) is 0 Å². The van der Waals surface area contributed by atoms with Gasteiger partial charge in [-0.05, 0) is 19.3 Å². The lowest BCUT2D eigenvalue weighted by atomic mass is 10.1. The van der Waals surface area contributed by atoms with Gasteiger partial charge in [-0.1, -0.05) is 6.92 Å². The molecule has 17 heavy (non-hydrogen) atoms. The molecule has 100 valence electrons. The molecule has 0 aromatic carbocycles. The molecule has 0 aliphatic rings. The Balaban J connectivity index is 3.60. The van der Waals surface area contributed by atoms with Gasteiger partial charge in [-0.2, -0.15) is 0 Å². The molecule has 0 aromatic heterocycles. The first-order valence-electron chi connectivity index (χ1n) is 5.74. The van der Waals surface area contributed by atoms with Crippen molar-refractivity contribution in [3.05, 3.63) is 0 Å². The third-order valence-corrected chi connectivity index (χ3v) is 2.50. The molecule has 2 unspecified atom stereocenters. The molecule has 1 amide bonds. The molecule has 6 heteroatoms. The molecule has 0 saturated heterocycles. The number of hydrogen-bond acceptors (Lipinski definition) is 4. The van der Waals surface area contributed by atoms with E-state index in [0.717, 1.165) is 0 Å². The van der Waals surface area contributed by atoms with Crippen molar-refractivity contribution in [3.63, 3.8) is 0 Å². The zero-order valence-electron chi connectivity index (χ0n) is 10.4. The fraction of sp³-hybridized carbons (Fsp3) is 0.818. The van der Waals surface area contributed by atoms with Gasteiger partial charge in [0.1, 0.15) is 0 Å². The Labute approximate surface area is 102 Å². The van der Waals surface area contributed by atoms with E-state index in [1.54, 1.807) is 14.0 Å². The SMILES string of the molecule is COCCC(N)C(=O)NCCCC(C)C(=O)O. The van der Waals surface area contributed by atoms with Crippen molar-refractivity contribution in [1.29, 1.82) is 0 Å². The number of carboxylic acids is 1. The van der Waals surface area contributed by atoms with Crippen molar-refractivity contribution >= 4 is 11.9 Å². The van der Waals surface area contributed by atoms with Crippen LogP contribution in [-0.4, -0.2) is 43.3 Å². The minimum absolute atomic E-state index is 0.218.